The summed E-state index contributed by atoms with van der Waals surface area (Å²) in [5, 5.41) is 3.23. The summed E-state index contributed by atoms with van der Waals surface area (Å²) in [6, 6.07) is 19.7. The Morgan fingerprint density at radius 1 is 1.07 bits per heavy atom. The molecule has 7 heteroatoms. The minimum atomic E-state index is -0.311. The maximum absolute atomic E-state index is 12.2. The van der Waals surface area contributed by atoms with Crippen molar-refractivity contribution >= 4 is 34.3 Å². The second kappa shape index (κ2) is 8.24. The predicted octanol–water partition coefficient (Wildman–Crippen LogP) is 5.17. The molecular formula is C22H17ClN2O4. The lowest BCUT2D eigenvalue weighted by molar-refractivity contribution is -0.118. The van der Waals surface area contributed by atoms with Gasteiger partial charge in [0.1, 0.15) is 17.0 Å². The molecule has 4 aromatic rings. The molecule has 0 saturated carbocycles. The highest BCUT2D eigenvalue weighted by atomic mass is 35.5. The van der Waals surface area contributed by atoms with Crippen LogP contribution in [0.5, 0.6) is 11.5 Å². The first-order valence-electron chi connectivity index (χ1n) is 8.85. The molecule has 146 valence electrons. The van der Waals surface area contributed by atoms with E-state index in [1.807, 2.05) is 24.3 Å². The maximum Gasteiger partial charge on any atom is 0.262 e. The van der Waals surface area contributed by atoms with E-state index in [9.17, 15) is 4.79 Å². The largest absolute Gasteiger partial charge is 0.496 e. The van der Waals surface area contributed by atoms with Gasteiger partial charge in [0.2, 0.25) is 5.89 Å². The normalized spacial score (nSPS) is 10.7. The van der Waals surface area contributed by atoms with Crippen LogP contribution in [0.25, 0.3) is 22.6 Å². The number of nitrogens with one attached hydrogen (secondary N) is 1. The highest BCUT2D eigenvalue weighted by Gasteiger charge is 2.13. The number of halogens is 1. The maximum atomic E-state index is 12.2. The van der Waals surface area contributed by atoms with Crippen LogP contribution in [0.15, 0.2) is 71.1 Å². The number of methoxy groups -OCH3 is 1. The number of oxazole rings is 1. The van der Waals surface area contributed by atoms with Crippen molar-refractivity contribution in [2.75, 3.05) is 19.0 Å². The molecule has 1 N–H and O–H groups in total. The number of fused-ring (bicyclic) bond motifs is 1. The summed E-state index contributed by atoms with van der Waals surface area (Å²) in [7, 11) is 1.60. The van der Waals surface area contributed by atoms with E-state index in [-0.39, 0.29) is 12.5 Å². The third kappa shape index (κ3) is 4.17. The highest BCUT2D eigenvalue weighted by molar-refractivity contribution is 6.32. The minimum Gasteiger partial charge on any atom is -0.496 e. The second-order valence-corrected chi connectivity index (χ2v) is 6.58. The van der Waals surface area contributed by atoms with Crippen molar-refractivity contribution in [2.24, 2.45) is 0 Å². The zero-order valence-corrected chi connectivity index (χ0v) is 16.3. The van der Waals surface area contributed by atoms with Crippen LogP contribution in [0.3, 0.4) is 0 Å². The standard InChI is InChI=1S/C22H17ClN2O4/c1-27-18-8-4-2-6-15(18)22-25-17-11-10-14(12-20(17)29-22)24-21(26)13-28-19-9-5-3-7-16(19)23/h2-12H,13H2,1H3,(H,24,26). The van der Waals surface area contributed by atoms with Crippen molar-refractivity contribution < 1.29 is 18.7 Å². The van der Waals surface area contributed by atoms with Crippen LogP contribution in [0.4, 0.5) is 5.69 Å². The number of benzene rings is 3. The Morgan fingerprint density at radius 2 is 1.83 bits per heavy atom. The van der Waals surface area contributed by atoms with E-state index in [1.165, 1.54) is 0 Å². The summed E-state index contributed by atoms with van der Waals surface area (Å²) < 4.78 is 16.7. The summed E-state index contributed by atoms with van der Waals surface area (Å²) in [6.45, 7) is -0.162. The average Bonchev–Trinajstić information content (AvgIpc) is 3.16. The zero-order chi connectivity index (χ0) is 20.2. The van der Waals surface area contributed by atoms with Crippen molar-refractivity contribution in [3.8, 4) is 23.0 Å². The molecule has 4 rings (SSSR count). The molecule has 3 aromatic carbocycles. The van der Waals surface area contributed by atoms with Crippen molar-refractivity contribution in [1.82, 2.24) is 4.98 Å². The van der Waals surface area contributed by atoms with Crippen LogP contribution >= 0.6 is 11.6 Å². The molecule has 0 atom stereocenters. The van der Waals surface area contributed by atoms with Gasteiger partial charge < -0.3 is 19.2 Å². The van der Waals surface area contributed by atoms with Crippen LogP contribution in [0.1, 0.15) is 0 Å². The Kier molecular flexibility index (Phi) is 5.35. The number of amides is 1. The van der Waals surface area contributed by atoms with Gasteiger partial charge in [-0.25, -0.2) is 4.98 Å². The first kappa shape index (κ1) is 18.8. The van der Waals surface area contributed by atoms with Crippen LogP contribution in [0, 0.1) is 0 Å². The summed E-state index contributed by atoms with van der Waals surface area (Å²) in [5.41, 5.74) is 2.56. The molecule has 0 aliphatic rings. The number of aromatic nitrogens is 1. The van der Waals surface area contributed by atoms with E-state index in [0.717, 1.165) is 5.56 Å². The van der Waals surface area contributed by atoms with Gasteiger partial charge in [-0.2, -0.15) is 0 Å². The lowest BCUT2D eigenvalue weighted by atomic mass is 10.2. The number of anilines is 1. The Bertz CT molecular complexity index is 1170. The van der Waals surface area contributed by atoms with E-state index < -0.39 is 0 Å². The smallest absolute Gasteiger partial charge is 0.262 e. The lowest BCUT2D eigenvalue weighted by Gasteiger charge is -2.08. The number of para-hydroxylation sites is 2. The topological polar surface area (TPSA) is 73.6 Å². The van der Waals surface area contributed by atoms with Crippen LogP contribution in [-0.2, 0) is 4.79 Å². The molecule has 0 radical (unpaired) electrons. The van der Waals surface area contributed by atoms with Crippen LogP contribution in [0.2, 0.25) is 5.02 Å². The molecule has 0 spiro atoms. The number of hydrogen-bond donors (Lipinski definition) is 1. The number of carbonyl (C=O) groups is 1. The summed E-state index contributed by atoms with van der Waals surface area (Å²) in [4.78, 5) is 16.7. The Hall–Kier alpha value is -3.51. The summed E-state index contributed by atoms with van der Waals surface area (Å²) in [5.74, 6) is 1.26. The Morgan fingerprint density at radius 3 is 2.62 bits per heavy atom. The molecule has 1 aromatic heterocycles. The highest BCUT2D eigenvalue weighted by Crippen LogP contribution is 2.32. The summed E-state index contributed by atoms with van der Waals surface area (Å²) >= 11 is 6.02. The molecule has 0 saturated heterocycles. The third-order valence-electron chi connectivity index (χ3n) is 4.20. The van der Waals surface area contributed by atoms with Gasteiger partial charge in [-0.15, -0.1) is 0 Å². The van der Waals surface area contributed by atoms with Gasteiger partial charge in [0.25, 0.3) is 5.91 Å². The molecule has 6 nitrogen and oxygen atoms in total. The van der Waals surface area contributed by atoms with Gasteiger partial charge in [0.05, 0.1) is 17.7 Å². The fraction of sp³-hybridized carbons (Fsp3) is 0.0909. The number of hydrogen-bond acceptors (Lipinski definition) is 5. The van der Waals surface area contributed by atoms with E-state index in [4.69, 9.17) is 25.5 Å². The molecule has 0 aliphatic heterocycles. The fourth-order valence-electron chi connectivity index (χ4n) is 2.84. The second-order valence-electron chi connectivity index (χ2n) is 6.17. The molecular weight excluding hydrogens is 392 g/mol. The van der Waals surface area contributed by atoms with E-state index in [2.05, 4.69) is 10.3 Å². The zero-order valence-electron chi connectivity index (χ0n) is 15.5. The van der Waals surface area contributed by atoms with Gasteiger partial charge in [-0.05, 0) is 36.4 Å². The number of rotatable bonds is 6. The molecule has 0 aliphatic carbocycles. The molecule has 1 amide bonds. The monoisotopic (exact) mass is 408 g/mol. The van der Waals surface area contributed by atoms with Crippen molar-refractivity contribution in [3.63, 3.8) is 0 Å². The molecule has 0 bridgehead atoms. The van der Waals surface area contributed by atoms with E-state index in [0.29, 0.717) is 39.2 Å². The van der Waals surface area contributed by atoms with Crippen molar-refractivity contribution in [3.05, 3.63) is 71.8 Å². The minimum absolute atomic E-state index is 0.162. The van der Waals surface area contributed by atoms with Gasteiger partial charge in [-0.3, -0.25) is 4.79 Å². The summed E-state index contributed by atoms with van der Waals surface area (Å²) in [6.07, 6.45) is 0. The molecule has 0 fully saturated rings. The van der Waals surface area contributed by atoms with E-state index in [1.54, 1.807) is 49.6 Å². The first-order valence-corrected chi connectivity index (χ1v) is 9.23. The predicted molar refractivity (Wildman–Crippen MR) is 112 cm³/mol. The van der Waals surface area contributed by atoms with Crippen molar-refractivity contribution in [2.45, 2.75) is 0 Å². The first-order chi connectivity index (χ1) is 14.1. The van der Waals surface area contributed by atoms with Crippen LogP contribution in [-0.4, -0.2) is 24.6 Å². The fourth-order valence-corrected chi connectivity index (χ4v) is 3.03. The van der Waals surface area contributed by atoms with E-state index >= 15 is 0 Å². The Balaban J connectivity index is 1.49. The van der Waals surface area contributed by atoms with Crippen molar-refractivity contribution in [1.29, 1.82) is 0 Å². The number of carbonyl (C=O) groups excluding carboxylic acids is 1. The molecule has 1 heterocycles. The van der Waals surface area contributed by atoms with Gasteiger partial charge >= 0.3 is 0 Å². The van der Waals surface area contributed by atoms with Gasteiger partial charge in [0.15, 0.2) is 12.2 Å². The third-order valence-corrected chi connectivity index (χ3v) is 4.52. The van der Waals surface area contributed by atoms with Gasteiger partial charge in [0, 0.05) is 11.8 Å². The quantitative estimate of drug-likeness (QED) is 0.476. The Labute approximate surface area is 172 Å². The number of nitrogens with zero attached hydrogens (tertiary/aromatic N) is 1. The lowest BCUT2D eigenvalue weighted by Crippen LogP contribution is -2.20. The molecule has 0 unspecified atom stereocenters. The molecule has 29 heavy (non-hydrogen) atoms. The SMILES string of the molecule is COc1ccccc1-c1nc2ccc(NC(=O)COc3ccccc3Cl)cc2o1. The van der Waals surface area contributed by atoms with Gasteiger partial charge in [-0.1, -0.05) is 35.9 Å². The average molecular weight is 409 g/mol. The number of ether oxygens (including phenoxy) is 2. The van der Waals surface area contributed by atoms with Crippen LogP contribution < -0.4 is 14.8 Å².